The zero-order valence-corrected chi connectivity index (χ0v) is 16.1. The molecule has 0 amide bonds. The van der Waals surface area contributed by atoms with E-state index in [1.165, 1.54) is 12.7 Å². The number of hydrogen-bond donors (Lipinski definition) is 1. The third-order valence-corrected chi connectivity index (χ3v) is 6.22. The van der Waals surface area contributed by atoms with Crippen molar-refractivity contribution in [1.82, 2.24) is 9.88 Å². The van der Waals surface area contributed by atoms with Crippen LogP contribution in [0.4, 0.5) is 0 Å². The molecule has 146 valence electrons. The highest BCUT2D eigenvalue weighted by molar-refractivity contribution is 5.85. The number of ether oxygens (including phenoxy) is 1. The van der Waals surface area contributed by atoms with Crippen LogP contribution in [0.3, 0.4) is 0 Å². The largest absolute Gasteiger partial charge is 0.491 e. The van der Waals surface area contributed by atoms with Crippen molar-refractivity contribution in [1.29, 1.82) is 0 Å². The quantitative estimate of drug-likeness (QED) is 0.464. The summed E-state index contributed by atoms with van der Waals surface area (Å²) in [7, 11) is 0. The molecule has 3 saturated heterocycles. The molecule has 5 heteroatoms. The number of aliphatic carboxylic acids is 1. The van der Waals surface area contributed by atoms with E-state index in [1.807, 2.05) is 30.5 Å². The van der Waals surface area contributed by atoms with Crippen molar-refractivity contribution >= 4 is 16.9 Å². The molecule has 2 bridgehead atoms. The maximum absolute atomic E-state index is 11.3. The van der Waals surface area contributed by atoms with Crippen LogP contribution in [-0.4, -0.2) is 40.1 Å². The summed E-state index contributed by atoms with van der Waals surface area (Å²) < 4.78 is 6.18. The molecule has 3 aliphatic heterocycles. The van der Waals surface area contributed by atoms with Crippen LogP contribution in [0.25, 0.3) is 10.9 Å². The lowest BCUT2D eigenvalue weighted by Crippen LogP contribution is -2.55. The number of hydrogen-bond acceptors (Lipinski definition) is 4. The van der Waals surface area contributed by atoms with Crippen LogP contribution in [0.2, 0.25) is 0 Å². The van der Waals surface area contributed by atoms with Gasteiger partial charge in [-0.2, -0.15) is 0 Å². The molecule has 1 N–H and O–H groups in total. The smallest absolute Gasteiger partial charge is 0.334 e. The number of benzene rings is 1. The molecule has 1 aromatic heterocycles. The number of carboxylic acid groups (broad SMARTS) is 1. The zero-order valence-electron chi connectivity index (χ0n) is 16.1. The van der Waals surface area contributed by atoms with Gasteiger partial charge in [0.2, 0.25) is 0 Å². The number of rotatable bonds is 6. The van der Waals surface area contributed by atoms with Crippen LogP contribution < -0.4 is 0 Å². The number of carboxylic acids is 1. The predicted molar refractivity (Wildman–Crippen MR) is 109 cm³/mol. The van der Waals surface area contributed by atoms with E-state index in [1.54, 1.807) is 6.92 Å². The molecule has 0 aliphatic carbocycles. The SMILES string of the molecule is C=C[C@H]1CN2CC[C@H]1C[C@H]2[C@H](OC=C(C)C(=O)O)c1ccnc2ccccc12. The van der Waals surface area contributed by atoms with Gasteiger partial charge in [-0.25, -0.2) is 4.79 Å². The molecular formula is C23H26N2O3. The van der Waals surface area contributed by atoms with E-state index in [4.69, 9.17) is 4.74 Å². The van der Waals surface area contributed by atoms with Gasteiger partial charge in [0.25, 0.3) is 0 Å². The fourth-order valence-electron chi connectivity index (χ4n) is 4.66. The van der Waals surface area contributed by atoms with Crippen LogP contribution in [0.1, 0.15) is 31.4 Å². The van der Waals surface area contributed by atoms with Gasteiger partial charge in [0, 0.05) is 23.7 Å². The summed E-state index contributed by atoms with van der Waals surface area (Å²) in [5.41, 5.74) is 2.18. The number of pyridine rings is 1. The Balaban J connectivity index is 1.73. The van der Waals surface area contributed by atoms with Crippen molar-refractivity contribution in [2.45, 2.75) is 31.9 Å². The molecule has 1 aromatic carbocycles. The molecule has 4 heterocycles. The number of piperidine rings is 3. The van der Waals surface area contributed by atoms with Crippen LogP contribution in [0.15, 0.2) is 61.0 Å². The van der Waals surface area contributed by atoms with Crippen LogP contribution >= 0.6 is 0 Å². The van der Waals surface area contributed by atoms with Crippen molar-refractivity contribution in [3.8, 4) is 0 Å². The first-order valence-corrected chi connectivity index (χ1v) is 9.84. The summed E-state index contributed by atoms with van der Waals surface area (Å²) in [6.45, 7) is 7.61. The number of para-hydroxylation sites is 1. The first-order chi connectivity index (χ1) is 13.6. The van der Waals surface area contributed by atoms with Gasteiger partial charge >= 0.3 is 5.97 Å². The Morgan fingerprint density at radius 3 is 2.93 bits per heavy atom. The molecule has 2 aromatic rings. The van der Waals surface area contributed by atoms with Gasteiger partial charge in [-0.05, 0) is 50.3 Å². The fraction of sp³-hybridized carbons (Fsp3) is 0.391. The van der Waals surface area contributed by atoms with Gasteiger partial charge in [0.1, 0.15) is 6.10 Å². The minimum Gasteiger partial charge on any atom is -0.491 e. The first-order valence-electron chi connectivity index (χ1n) is 9.84. The molecule has 3 fully saturated rings. The normalized spacial score (nSPS) is 28.1. The van der Waals surface area contributed by atoms with Gasteiger partial charge in [0.05, 0.1) is 23.4 Å². The molecule has 5 nitrogen and oxygen atoms in total. The molecule has 28 heavy (non-hydrogen) atoms. The summed E-state index contributed by atoms with van der Waals surface area (Å²) in [5.74, 6) is 0.169. The highest BCUT2D eigenvalue weighted by Crippen LogP contribution is 2.43. The Morgan fingerprint density at radius 2 is 2.21 bits per heavy atom. The van der Waals surface area contributed by atoms with E-state index < -0.39 is 5.97 Å². The average molecular weight is 378 g/mol. The lowest BCUT2D eigenvalue weighted by molar-refractivity contribution is -0.132. The highest BCUT2D eigenvalue weighted by Gasteiger charge is 2.43. The minimum absolute atomic E-state index is 0.197. The Hall–Kier alpha value is -2.66. The van der Waals surface area contributed by atoms with Crippen LogP contribution in [-0.2, 0) is 9.53 Å². The molecule has 0 saturated carbocycles. The third kappa shape index (κ3) is 3.42. The fourth-order valence-corrected chi connectivity index (χ4v) is 4.66. The average Bonchev–Trinajstić information content (AvgIpc) is 2.74. The summed E-state index contributed by atoms with van der Waals surface area (Å²) in [6.07, 6.45) is 7.26. The Bertz CT molecular complexity index is 918. The lowest BCUT2D eigenvalue weighted by Gasteiger charge is -2.51. The number of carbonyl (C=O) groups is 1. The standard InChI is InChI=1S/C23H26N2O3/c1-3-16-13-25-11-9-17(16)12-21(25)22(28-14-15(2)23(26)27)19-8-10-24-20-7-5-4-6-18(19)20/h3-8,10,14,16-17,21-22H,1,9,11-13H2,2H3,(H,26,27)/t16-,17-,21-,22+/m0/s1. The van der Waals surface area contributed by atoms with E-state index in [0.29, 0.717) is 11.8 Å². The molecule has 5 rings (SSSR count). The number of fused-ring (bicyclic) bond motifs is 4. The van der Waals surface area contributed by atoms with Crippen molar-refractivity contribution < 1.29 is 14.6 Å². The molecule has 3 aliphatic rings. The molecular weight excluding hydrogens is 352 g/mol. The minimum atomic E-state index is -0.962. The molecule has 1 unspecified atom stereocenters. The maximum Gasteiger partial charge on any atom is 0.334 e. The Kier molecular flexibility index (Phi) is 5.18. The van der Waals surface area contributed by atoms with Gasteiger partial charge in [-0.1, -0.05) is 24.3 Å². The maximum atomic E-state index is 11.3. The predicted octanol–water partition coefficient (Wildman–Crippen LogP) is 4.18. The monoisotopic (exact) mass is 378 g/mol. The second-order valence-electron chi connectivity index (χ2n) is 7.83. The summed E-state index contributed by atoms with van der Waals surface area (Å²) >= 11 is 0. The van der Waals surface area contributed by atoms with Gasteiger partial charge < -0.3 is 9.84 Å². The van der Waals surface area contributed by atoms with E-state index in [9.17, 15) is 9.90 Å². The van der Waals surface area contributed by atoms with Crippen LogP contribution in [0.5, 0.6) is 0 Å². The van der Waals surface area contributed by atoms with Crippen molar-refractivity contribution in [2.24, 2.45) is 11.8 Å². The second kappa shape index (κ2) is 7.76. The van der Waals surface area contributed by atoms with Crippen LogP contribution in [0, 0.1) is 11.8 Å². The Morgan fingerprint density at radius 1 is 1.39 bits per heavy atom. The second-order valence-corrected chi connectivity index (χ2v) is 7.83. The van der Waals surface area contributed by atoms with E-state index in [2.05, 4.69) is 28.6 Å². The summed E-state index contributed by atoms with van der Waals surface area (Å²) in [6, 6.07) is 10.2. The lowest BCUT2D eigenvalue weighted by atomic mass is 9.73. The Labute approximate surface area is 165 Å². The van der Waals surface area contributed by atoms with Crippen molar-refractivity contribution in [3.05, 3.63) is 66.6 Å². The van der Waals surface area contributed by atoms with Gasteiger partial charge in [-0.15, -0.1) is 6.58 Å². The van der Waals surface area contributed by atoms with Gasteiger partial charge in [-0.3, -0.25) is 9.88 Å². The number of nitrogens with zero attached hydrogens (tertiary/aromatic N) is 2. The zero-order chi connectivity index (χ0) is 19.7. The molecule has 0 spiro atoms. The summed E-state index contributed by atoms with van der Waals surface area (Å²) in [4.78, 5) is 18.2. The van der Waals surface area contributed by atoms with E-state index in [-0.39, 0.29) is 17.7 Å². The van der Waals surface area contributed by atoms with Crippen molar-refractivity contribution in [3.63, 3.8) is 0 Å². The number of aromatic nitrogens is 1. The summed E-state index contributed by atoms with van der Waals surface area (Å²) in [5, 5.41) is 10.3. The topological polar surface area (TPSA) is 62.7 Å². The highest BCUT2D eigenvalue weighted by atomic mass is 16.5. The first kappa shape index (κ1) is 18.7. The third-order valence-electron chi connectivity index (χ3n) is 6.22. The van der Waals surface area contributed by atoms with Gasteiger partial charge in [0.15, 0.2) is 0 Å². The molecule has 5 atom stereocenters. The van der Waals surface area contributed by atoms with E-state index >= 15 is 0 Å². The van der Waals surface area contributed by atoms with E-state index in [0.717, 1.165) is 36.0 Å². The molecule has 0 radical (unpaired) electrons. The van der Waals surface area contributed by atoms with Crippen molar-refractivity contribution in [2.75, 3.05) is 13.1 Å².